The van der Waals surface area contributed by atoms with Crippen molar-refractivity contribution >= 4 is 11.8 Å². The van der Waals surface area contributed by atoms with Crippen LogP contribution in [0.2, 0.25) is 0 Å². The van der Waals surface area contributed by atoms with Crippen molar-refractivity contribution in [2.24, 2.45) is 0 Å². The molecule has 1 aromatic carbocycles. The Bertz CT molecular complexity index is 810. The van der Waals surface area contributed by atoms with Crippen molar-refractivity contribution < 1.29 is 23.1 Å². The fourth-order valence-electron chi connectivity index (χ4n) is 2.61. The molecule has 27 heavy (non-hydrogen) atoms. The highest BCUT2D eigenvalue weighted by Crippen LogP contribution is 2.34. The van der Waals surface area contributed by atoms with Crippen LogP contribution in [0.15, 0.2) is 30.3 Å². The number of aryl methyl sites for hydroxylation is 1. The van der Waals surface area contributed by atoms with Crippen molar-refractivity contribution in [2.45, 2.75) is 45.5 Å². The fraction of sp³-hybridized carbons (Fsp3) is 0.444. The summed E-state index contributed by atoms with van der Waals surface area (Å²) in [7, 11) is 0. The topological polar surface area (TPSA) is 79.2 Å². The van der Waals surface area contributed by atoms with Crippen LogP contribution in [-0.4, -0.2) is 27.5 Å². The van der Waals surface area contributed by atoms with E-state index in [0.29, 0.717) is 11.5 Å². The van der Waals surface area contributed by atoms with Crippen LogP contribution < -0.4 is 10.6 Å². The molecule has 0 radical (unpaired) electrons. The number of anilines is 1. The minimum absolute atomic E-state index is 0.291. The van der Waals surface area contributed by atoms with Gasteiger partial charge in [0, 0.05) is 12.6 Å². The lowest BCUT2D eigenvalue weighted by Gasteiger charge is -2.22. The first-order valence-electron chi connectivity index (χ1n) is 8.36. The van der Waals surface area contributed by atoms with Gasteiger partial charge in [0.1, 0.15) is 5.82 Å². The zero-order valence-electron chi connectivity index (χ0n) is 15.6. The van der Waals surface area contributed by atoms with Gasteiger partial charge in [0.25, 0.3) is 0 Å². The summed E-state index contributed by atoms with van der Waals surface area (Å²) in [5.74, 6) is 0.447. The molecule has 0 saturated heterocycles. The number of carbonyl (C=O) groups excluding carboxylic acids is 1. The summed E-state index contributed by atoms with van der Waals surface area (Å²) in [5.41, 5.74) is -0.886. The van der Waals surface area contributed by atoms with Gasteiger partial charge in [0.2, 0.25) is 0 Å². The van der Waals surface area contributed by atoms with Gasteiger partial charge >= 0.3 is 12.2 Å². The second-order valence-corrected chi connectivity index (χ2v) is 7.19. The molecule has 6 nitrogen and oxygen atoms in total. The monoisotopic (exact) mass is 384 g/mol. The number of aromatic nitrogens is 2. The minimum atomic E-state index is -4.59. The molecule has 1 aromatic heterocycles. The second kappa shape index (κ2) is 7.59. The summed E-state index contributed by atoms with van der Waals surface area (Å²) in [6.45, 7) is 7.16. The smallest absolute Gasteiger partial charge is 0.387 e. The molecule has 0 saturated carbocycles. The summed E-state index contributed by atoms with van der Waals surface area (Å²) in [6, 6.07) is 5.76. The van der Waals surface area contributed by atoms with Gasteiger partial charge in [-0.3, -0.25) is 5.32 Å². The number of benzene rings is 1. The van der Waals surface area contributed by atoms with Gasteiger partial charge in [0.15, 0.2) is 0 Å². The maximum atomic E-state index is 13.0. The van der Waals surface area contributed by atoms with Gasteiger partial charge in [0.05, 0.1) is 22.9 Å². The number of halogens is 3. The van der Waals surface area contributed by atoms with Crippen LogP contribution in [0.3, 0.4) is 0 Å². The number of hydrogen-bond donors (Lipinski definition) is 3. The van der Waals surface area contributed by atoms with Crippen molar-refractivity contribution in [3.63, 3.8) is 0 Å². The molecular formula is C18H23F3N4O2. The van der Waals surface area contributed by atoms with E-state index in [1.54, 1.807) is 17.7 Å². The van der Waals surface area contributed by atoms with Crippen molar-refractivity contribution in [1.29, 1.82) is 0 Å². The fourth-order valence-corrected chi connectivity index (χ4v) is 2.61. The first-order chi connectivity index (χ1) is 12.4. The molecule has 1 atom stereocenters. The Morgan fingerprint density at radius 2 is 1.89 bits per heavy atom. The van der Waals surface area contributed by atoms with E-state index >= 15 is 0 Å². The molecule has 0 aliphatic rings. The molecule has 1 heterocycles. The molecule has 2 rings (SSSR count). The lowest BCUT2D eigenvalue weighted by molar-refractivity contribution is -0.139. The largest absolute Gasteiger partial charge is 0.416 e. The van der Waals surface area contributed by atoms with Crippen LogP contribution in [0.25, 0.3) is 0 Å². The Morgan fingerprint density at radius 1 is 1.26 bits per heavy atom. The zero-order valence-corrected chi connectivity index (χ0v) is 15.6. The van der Waals surface area contributed by atoms with E-state index in [0.717, 1.165) is 6.07 Å². The molecule has 3 N–H and O–H groups in total. The van der Waals surface area contributed by atoms with E-state index in [-0.39, 0.29) is 17.6 Å². The number of amides is 2. The van der Waals surface area contributed by atoms with Crippen molar-refractivity contribution in [1.82, 2.24) is 15.1 Å². The second-order valence-electron chi connectivity index (χ2n) is 7.19. The van der Waals surface area contributed by atoms with Gasteiger partial charge in [-0.05, 0) is 39.3 Å². The first kappa shape index (κ1) is 20.8. The minimum Gasteiger partial charge on any atom is -0.387 e. The van der Waals surface area contributed by atoms with Gasteiger partial charge < -0.3 is 10.4 Å². The SMILES string of the molecule is Cc1cc(NC(=O)NCC(O)c2ccccc2C(F)(F)F)n(C(C)(C)C)n1. The summed E-state index contributed by atoms with van der Waals surface area (Å²) >= 11 is 0. The highest BCUT2D eigenvalue weighted by molar-refractivity contribution is 5.88. The molecule has 0 spiro atoms. The number of hydrogen-bond acceptors (Lipinski definition) is 3. The summed E-state index contributed by atoms with van der Waals surface area (Å²) in [4.78, 5) is 12.1. The first-order valence-corrected chi connectivity index (χ1v) is 8.36. The van der Waals surface area contributed by atoms with Gasteiger partial charge in [-0.2, -0.15) is 18.3 Å². The zero-order chi connectivity index (χ0) is 20.4. The van der Waals surface area contributed by atoms with Gasteiger partial charge in [-0.25, -0.2) is 9.48 Å². The standard InChI is InChI=1S/C18H23F3N4O2/c1-11-9-15(25(24-11)17(2,3)4)23-16(27)22-10-14(26)12-7-5-6-8-13(12)18(19,20)21/h5-9,14,26H,10H2,1-4H3,(H2,22,23,27). The van der Waals surface area contributed by atoms with Crippen LogP contribution in [0, 0.1) is 6.92 Å². The number of aliphatic hydroxyl groups excluding tert-OH is 1. The number of urea groups is 1. The van der Waals surface area contributed by atoms with Crippen molar-refractivity contribution in [3.05, 3.63) is 47.2 Å². The van der Waals surface area contributed by atoms with Crippen LogP contribution in [0.4, 0.5) is 23.8 Å². The number of nitrogens with one attached hydrogen (secondary N) is 2. The average molecular weight is 384 g/mol. The third-order valence-corrected chi connectivity index (χ3v) is 3.79. The highest BCUT2D eigenvalue weighted by Gasteiger charge is 2.34. The number of rotatable bonds is 4. The molecule has 1 unspecified atom stereocenters. The molecule has 0 bridgehead atoms. The predicted molar refractivity (Wildman–Crippen MR) is 95.4 cm³/mol. The summed E-state index contributed by atoms with van der Waals surface area (Å²) in [6.07, 6.45) is -6.08. The van der Waals surface area contributed by atoms with E-state index in [9.17, 15) is 23.1 Å². The Balaban J connectivity index is 2.05. The summed E-state index contributed by atoms with van der Waals surface area (Å²) in [5, 5.41) is 19.4. The number of carbonyl (C=O) groups is 1. The number of alkyl halides is 3. The van der Waals surface area contributed by atoms with E-state index < -0.39 is 23.9 Å². The Morgan fingerprint density at radius 3 is 2.48 bits per heavy atom. The average Bonchev–Trinajstić information content (AvgIpc) is 2.92. The molecule has 9 heteroatoms. The predicted octanol–water partition coefficient (Wildman–Crippen LogP) is 3.82. The Kier molecular flexibility index (Phi) is 5.84. The molecule has 2 aromatic rings. The highest BCUT2D eigenvalue weighted by atomic mass is 19.4. The maximum Gasteiger partial charge on any atom is 0.416 e. The van der Waals surface area contributed by atoms with Crippen LogP contribution in [0.1, 0.15) is 43.7 Å². The summed E-state index contributed by atoms with van der Waals surface area (Å²) < 4.78 is 40.7. The molecule has 0 aliphatic heterocycles. The maximum absolute atomic E-state index is 13.0. The van der Waals surface area contributed by atoms with Crippen LogP contribution in [0.5, 0.6) is 0 Å². The molecule has 2 amide bonds. The van der Waals surface area contributed by atoms with E-state index in [1.165, 1.54) is 18.2 Å². The molecule has 0 fully saturated rings. The molecule has 148 valence electrons. The number of aliphatic hydroxyl groups is 1. The van der Waals surface area contributed by atoms with Gasteiger partial charge in [-0.1, -0.05) is 18.2 Å². The van der Waals surface area contributed by atoms with E-state index in [2.05, 4.69) is 15.7 Å². The Labute approximate surface area is 155 Å². The van der Waals surface area contributed by atoms with E-state index in [4.69, 9.17) is 0 Å². The Hall–Kier alpha value is -2.55. The lowest BCUT2D eigenvalue weighted by atomic mass is 10.0. The van der Waals surface area contributed by atoms with E-state index in [1.807, 2.05) is 20.8 Å². The third kappa shape index (κ3) is 5.22. The van der Waals surface area contributed by atoms with Crippen LogP contribution in [-0.2, 0) is 11.7 Å². The quantitative estimate of drug-likeness (QED) is 0.750. The van der Waals surface area contributed by atoms with Crippen molar-refractivity contribution in [3.8, 4) is 0 Å². The van der Waals surface area contributed by atoms with Crippen molar-refractivity contribution in [2.75, 3.05) is 11.9 Å². The van der Waals surface area contributed by atoms with Gasteiger partial charge in [-0.15, -0.1) is 0 Å². The number of nitrogens with zero attached hydrogens (tertiary/aromatic N) is 2. The molecule has 0 aliphatic carbocycles. The molecular weight excluding hydrogens is 361 g/mol. The lowest BCUT2D eigenvalue weighted by Crippen LogP contribution is -2.35. The normalized spacial score (nSPS) is 13.3. The third-order valence-electron chi connectivity index (χ3n) is 3.79. The van der Waals surface area contributed by atoms with Crippen LogP contribution >= 0.6 is 0 Å².